The van der Waals surface area contributed by atoms with Crippen LogP contribution < -0.4 is 0 Å². The number of aromatic nitrogens is 2. The molecule has 1 aromatic heterocycles. The third-order valence-corrected chi connectivity index (χ3v) is 5.02. The van der Waals surface area contributed by atoms with Crippen LogP contribution in [0.4, 0.5) is 0 Å². The van der Waals surface area contributed by atoms with Gasteiger partial charge in [-0.05, 0) is 51.4 Å². The molecule has 0 bridgehead atoms. The molecule has 5 heteroatoms. The van der Waals surface area contributed by atoms with Crippen molar-refractivity contribution in [2.45, 2.75) is 69.7 Å². The normalized spacial score (nSPS) is 25.4. The summed E-state index contributed by atoms with van der Waals surface area (Å²) in [4.78, 5) is 19.2. The van der Waals surface area contributed by atoms with Crippen LogP contribution >= 0.6 is 0 Å². The maximum absolute atomic E-state index is 12.6. The quantitative estimate of drug-likeness (QED) is 0.799. The lowest BCUT2D eigenvalue weighted by Crippen LogP contribution is -2.31. The number of likely N-dealkylation sites (tertiary alicyclic amines) is 1. The van der Waals surface area contributed by atoms with E-state index in [-0.39, 0.29) is 11.9 Å². The lowest BCUT2D eigenvalue weighted by molar-refractivity contribution is -0.131. The maximum Gasteiger partial charge on any atom is 0.229 e. The number of hydrogen-bond donors (Lipinski definition) is 0. The molecule has 2 heterocycles. The van der Waals surface area contributed by atoms with Gasteiger partial charge in [-0.25, -0.2) is 0 Å². The van der Waals surface area contributed by atoms with Crippen molar-refractivity contribution in [2.75, 3.05) is 6.54 Å². The van der Waals surface area contributed by atoms with Crippen LogP contribution in [-0.2, 0) is 4.79 Å². The van der Waals surface area contributed by atoms with Crippen molar-refractivity contribution in [1.29, 1.82) is 0 Å². The molecule has 1 aromatic rings. The lowest BCUT2D eigenvalue weighted by Gasteiger charge is -2.23. The van der Waals surface area contributed by atoms with Crippen molar-refractivity contribution in [2.24, 2.45) is 0 Å². The zero-order valence-electron chi connectivity index (χ0n) is 13.0. The Hall–Kier alpha value is -1.65. The predicted molar refractivity (Wildman–Crippen MR) is 81.1 cm³/mol. The third kappa shape index (κ3) is 2.81. The number of hydrogen-bond acceptors (Lipinski definition) is 4. The van der Waals surface area contributed by atoms with Gasteiger partial charge in [-0.15, -0.1) is 0 Å². The Morgan fingerprint density at radius 2 is 2.18 bits per heavy atom. The topological polar surface area (TPSA) is 59.2 Å². The highest BCUT2D eigenvalue weighted by atomic mass is 16.5. The van der Waals surface area contributed by atoms with Crippen molar-refractivity contribution in [1.82, 2.24) is 15.0 Å². The fourth-order valence-corrected chi connectivity index (χ4v) is 3.57. The highest BCUT2D eigenvalue weighted by Gasteiger charge is 2.36. The second kappa shape index (κ2) is 5.86. The molecule has 1 saturated carbocycles. The number of nitrogens with zero attached hydrogens (tertiary/aromatic N) is 3. The first-order chi connectivity index (χ1) is 10.8. The average molecular weight is 301 g/mol. The van der Waals surface area contributed by atoms with E-state index in [2.05, 4.69) is 16.2 Å². The van der Waals surface area contributed by atoms with E-state index in [1.807, 2.05) is 4.90 Å². The second-order valence-corrected chi connectivity index (χ2v) is 6.80. The largest absolute Gasteiger partial charge is 0.339 e. The van der Waals surface area contributed by atoms with Gasteiger partial charge in [0.15, 0.2) is 5.82 Å². The zero-order valence-corrected chi connectivity index (χ0v) is 13.0. The van der Waals surface area contributed by atoms with Crippen LogP contribution in [0.15, 0.2) is 16.2 Å². The summed E-state index contributed by atoms with van der Waals surface area (Å²) in [6.45, 7) is 0.823. The number of allylic oxidation sites excluding steroid dienone is 1. The zero-order chi connectivity index (χ0) is 14.9. The molecule has 1 amide bonds. The first-order valence-corrected chi connectivity index (χ1v) is 8.62. The van der Waals surface area contributed by atoms with Crippen LogP contribution in [0.25, 0.3) is 0 Å². The van der Waals surface area contributed by atoms with Gasteiger partial charge in [0, 0.05) is 18.9 Å². The van der Waals surface area contributed by atoms with Crippen molar-refractivity contribution in [3.8, 4) is 0 Å². The smallest absolute Gasteiger partial charge is 0.229 e. The Bertz CT molecular complexity index is 588. The number of carbonyl (C=O) groups excluding carboxylic acids is 1. The van der Waals surface area contributed by atoms with Crippen molar-refractivity contribution < 1.29 is 9.32 Å². The van der Waals surface area contributed by atoms with Crippen molar-refractivity contribution in [3.05, 3.63) is 23.4 Å². The highest BCUT2D eigenvalue weighted by Crippen LogP contribution is 2.40. The molecule has 0 radical (unpaired) electrons. The average Bonchev–Trinajstić information content (AvgIpc) is 3.08. The first kappa shape index (κ1) is 14.0. The fourth-order valence-electron chi connectivity index (χ4n) is 3.57. The van der Waals surface area contributed by atoms with E-state index in [9.17, 15) is 4.79 Å². The molecule has 4 rings (SSSR count). The molecule has 0 aromatic carbocycles. The standard InChI is InChI=1S/C17H23N3O2/c21-15(11-12-5-2-1-3-6-12)20-10-4-7-14(20)16-18-17(22-19-16)13-8-9-13/h5,13-14H,1-4,6-11H2. The summed E-state index contributed by atoms with van der Waals surface area (Å²) < 4.78 is 5.37. The summed E-state index contributed by atoms with van der Waals surface area (Å²) in [6.07, 6.45) is 11.8. The fraction of sp³-hybridized carbons (Fsp3) is 0.706. The summed E-state index contributed by atoms with van der Waals surface area (Å²) in [5, 5.41) is 4.14. The molecule has 2 fully saturated rings. The Kier molecular flexibility index (Phi) is 3.72. The van der Waals surface area contributed by atoms with Crippen LogP contribution in [0, 0.1) is 0 Å². The van der Waals surface area contributed by atoms with Crippen LogP contribution in [0.2, 0.25) is 0 Å². The predicted octanol–water partition coefficient (Wildman–Crippen LogP) is 3.50. The molecule has 3 aliphatic rings. The van der Waals surface area contributed by atoms with Gasteiger partial charge in [0.05, 0.1) is 6.04 Å². The minimum absolute atomic E-state index is 0.0212. The molecule has 1 atom stereocenters. The van der Waals surface area contributed by atoms with E-state index in [4.69, 9.17) is 4.52 Å². The number of rotatable bonds is 4. The van der Waals surface area contributed by atoms with Gasteiger partial charge in [0.2, 0.25) is 11.8 Å². The van der Waals surface area contributed by atoms with E-state index < -0.39 is 0 Å². The minimum Gasteiger partial charge on any atom is -0.339 e. The van der Waals surface area contributed by atoms with Gasteiger partial charge >= 0.3 is 0 Å². The summed E-state index contributed by atoms with van der Waals surface area (Å²) in [7, 11) is 0. The van der Waals surface area contributed by atoms with Gasteiger partial charge in [-0.3, -0.25) is 4.79 Å². The molecular weight excluding hydrogens is 278 g/mol. The summed E-state index contributed by atoms with van der Waals surface area (Å²) in [5.41, 5.74) is 1.31. The van der Waals surface area contributed by atoms with Gasteiger partial charge in [-0.2, -0.15) is 4.98 Å². The number of amides is 1. The van der Waals surface area contributed by atoms with Crippen LogP contribution in [0.5, 0.6) is 0 Å². The molecule has 1 unspecified atom stereocenters. The first-order valence-electron chi connectivity index (χ1n) is 8.62. The maximum atomic E-state index is 12.6. The minimum atomic E-state index is 0.0212. The molecule has 22 heavy (non-hydrogen) atoms. The molecule has 0 N–H and O–H groups in total. The lowest BCUT2D eigenvalue weighted by atomic mass is 9.97. The van der Waals surface area contributed by atoms with Crippen LogP contribution in [0.1, 0.15) is 81.5 Å². The molecular formula is C17H23N3O2. The molecule has 5 nitrogen and oxygen atoms in total. The van der Waals surface area contributed by atoms with E-state index >= 15 is 0 Å². The van der Waals surface area contributed by atoms with E-state index in [1.165, 1.54) is 18.4 Å². The van der Waals surface area contributed by atoms with Crippen LogP contribution in [0.3, 0.4) is 0 Å². The second-order valence-electron chi connectivity index (χ2n) is 6.80. The summed E-state index contributed by atoms with van der Waals surface area (Å²) in [6, 6.07) is 0.0212. The van der Waals surface area contributed by atoms with Crippen LogP contribution in [-0.4, -0.2) is 27.5 Å². The van der Waals surface area contributed by atoms with Crippen molar-refractivity contribution in [3.63, 3.8) is 0 Å². The molecule has 1 aliphatic heterocycles. The Morgan fingerprint density at radius 3 is 2.95 bits per heavy atom. The van der Waals surface area contributed by atoms with Gasteiger partial charge in [-0.1, -0.05) is 16.8 Å². The third-order valence-electron chi connectivity index (χ3n) is 5.02. The Labute approximate surface area is 130 Å². The molecule has 118 valence electrons. The molecule has 2 aliphatic carbocycles. The summed E-state index contributed by atoms with van der Waals surface area (Å²) in [5.74, 6) is 2.18. The van der Waals surface area contributed by atoms with Gasteiger partial charge in [0.25, 0.3) is 0 Å². The highest BCUT2D eigenvalue weighted by molar-refractivity contribution is 5.79. The Balaban J connectivity index is 1.45. The Morgan fingerprint density at radius 1 is 1.27 bits per heavy atom. The monoisotopic (exact) mass is 301 g/mol. The van der Waals surface area contributed by atoms with E-state index in [0.29, 0.717) is 18.2 Å². The number of carbonyl (C=O) groups is 1. The molecule has 1 saturated heterocycles. The van der Waals surface area contributed by atoms with E-state index in [0.717, 1.165) is 51.0 Å². The van der Waals surface area contributed by atoms with E-state index in [1.54, 1.807) is 0 Å². The molecule has 0 spiro atoms. The summed E-state index contributed by atoms with van der Waals surface area (Å²) >= 11 is 0. The van der Waals surface area contributed by atoms with Gasteiger partial charge < -0.3 is 9.42 Å². The van der Waals surface area contributed by atoms with Gasteiger partial charge in [0.1, 0.15) is 0 Å². The SMILES string of the molecule is O=C(CC1=CCCCC1)N1CCCC1c1noc(C2CC2)n1. The van der Waals surface area contributed by atoms with Crippen molar-refractivity contribution >= 4 is 5.91 Å².